The summed E-state index contributed by atoms with van der Waals surface area (Å²) in [5.74, 6) is -0.402. The molecule has 0 aromatic carbocycles. The number of aromatic nitrogens is 1. The molecule has 17 heavy (non-hydrogen) atoms. The standard InChI is InChI=1S/C11H12N2O2S2/c1-7-4-16-5-8(7)3-12-11-13-9(6-17-11)10(14)15-2/h4-6H,3H2,1-2H3,(H,12,13). The average Bonchev–Trinajstić information content (AvgIpc) is 2.94. The molecule has 1 N–H and O–H groups in total. The first-order chi connectivity index (χ1) is 8.20. The molecule has 0 atom stereocenters. The zero-order chi connectivity index (χ0) is 12.3. The summed E-state index contributed by atoms with van der Waals surface area (Å²) in [6.07, 6.45) is 0. The van der Waals surface area contributed by atoms with Crippen molar-refractivity contribution in [3.05, 3.63) is 33.0 Å². The van der Waals surface area contributed by atoms with Gasteiger partial charge in [-0.25, -0.2) is 9.78 Å². The molecule has 0 spiro atoms. The van der Waals surface area contributed by atoms with Crippen molar-refractivity contribution in [2.24, 2.45) is 0 Å². The molecule has 0 unspecified atom stereocenters. The van der Waals surface area contributed by atoms with E-state index < -0.39 is 5.97 Å². The number of anilines is 1. The minimum atomic E-state index is -0.402. The third-order valence-corrected chi connectivity index (χ3v) is 4.00. The molecule has 2 heterocycles. The van der Waals surface area contributed by atoms with E-state index >= 15 is 0 Å². The van der Waals surface area contributed by atoms with E-state index in [1.54, 1.807) is 16.7 Å². The Hall–Kier alpha value is -1.40. The summed E-state index contributed by atoms with van der Waals surface area (Å²) in [7, 11) is 1.35. The Balaban J connectivity index is 1.98. The van der Waals surface area contributed by atoms with Gasteiger partial charge in [-0.1, -0.05) is 0 Å². The van der Waals surface area contributed by atoms with Crippen LogP contribution in [-0.4, -0.2) is 18.1 Å². The molecule has 0 amide bonds. The second-order valence-electron chi connectivity index (χ2n) is 3.46. The third-order valence-electron chi connectivity index (χ3n) is 2.29. The van der Waals surface area contributed by atoms with Crippen LogP contribution in [0.3, 0.4) is 0 Å². The summed E-state index contributed by atoms with van der Waals surface area (Å²) in [5.41, 5.74) is 2.87. The summed E-state index contributed by atoms with van der Waals surface area (Å²) in [6.45, 7) is 2.80. The van der Waals surface area contributed by atoms with Crippen molar-refractivity contribution >= 4 is 33.8 Å². The van der Waals surface area contributed by atoms with Gasteiger partial charge in [-0.3, -0.25) is 0 Å². The quantitative estimate of drug-likeness (QED) is 0.866. The number of nitrogens with one attached hydrogen (secondary N) is 1. The number of methoxy groups -OCH3 is 1. The number of esters is 1. The van der Waals surface area contributed by atoms with Crippen LogP contribution in [0.25, 0.3) is 0 Å². The van der Waals surface area contributed by atoms with Crippen molar-refractivity contribution in [2.75, 3.05) is 12.4 Å². The smallest absolute Gasteiger partial charge is 0.357 e. The van der Waals surface area contributed by atoms with Gasteiger partial charge in [0.15, 0.2) is 10.8 Å². The van der Waals surface area contributed by atoms with Gasteiger partial charge in [-0.05, 0) is 28.8 Å². The van der Waals surface area contributed by atoms with Gasteiger partial charge < -0.3 is 10.1 Å². The number of carbonyl (C=O) groups is 1. The van der Waals surface area contributed by atoms with Crippen LogP contribution < -0.4 is 5.32 Å². The molecule has 2 rings (SSSR count). The lowest BCUT2D eigenvalue weighted by atomic mass is 10.2. The summed E-state index contributed by atoms with van der Waals surface area (Å²) in [5, 5.41) is 9.83. The Kier molecular flexibility index (Phi) is 3.75. The van der Waals surface area contributed by atoms with Gasteiger partial charge in [-0.2, -0.15) is 11.3 Å². The van der Waals surface area contributed by atoms with Crippen molar-refractivity contribution in [2.45, 2.75) is 13.5 Å². The van der Waals surface area contributed by atoms with Crippen LogP contribution in [0.2, 0.25) is 0 Å². The Morgan fingerprint density at radius 2 is 2.29 bits per heavy atom. The van der Waals surface area contributed by atoms with Gasteiger partial charge in [0, 0.05) is 11.9 Å². The molecule has 0 saturated carbocycles. The van der Waals surface area contributed by atoms with Crippen molar-refractivity contribution < 1.29 is 9.53 Å². The van der Waals surface area contributed by atoms with Crippen molar-refractivity contribution in [1.29, 1.82) is 0 Å². The van der Waals surface area contributed by atoms with Crippen LogP contribution in [0, 0.1) is 6.92 Å². The summed E-state index contributed by atoms with van der Waals surface area (Å²) in [6, 6.07) is 0. The summed E-state index contributed by atoms with van der Waals surface area (Å²) < 4.78 is 4.60. The van der Waals surface area contributed by atoms with E-state index in [0.717, 1.165) is 11.7 Å². The van der Waals surface area contributed by atoms with E-state index in [1.807, 2.05) is 0 Å². The molecule has 0 bridgehead atoms. The fraction of sp³-hybridized carbons (Fsp3) is 0.273. The highest BCUT2D eigenvalue weighted by atomic mass is 32.1. The first-order valence-electron chi connectivity index (χ1n) is 5.00. The predicted octanol–water partition coefficient (Wildman–Crippen LogP) is 2.91. The first-order valence-corrected chi connectivity index (χ1v) is 6.82. The van der Waals surface area contributed by atoms with Gasteiger partial charge >= 0.3 is 5.97 Å². The molecule has 6 heteroatoms. The highest BCUT2D eigenvalue weighted by molar-refractivity contribution is 7.13. The lowest BCUT2D eigenvalue weighted by Crippen LogP contribution is -2.03. The summed E-state index contributed by atoms with van der Waals surface area (Å²) >= 11 is 3.09. The van der Waals surface area contributed by atoms with Crippen LogP contribution >= 0.6 is 22.7 Å². The van der Waals surface area contributed by atoms with Gasteiger partial charge in [0.25, 0.3) is 0 Å². The minimum absolute atomic E-state index is 0.349. The fourth-order valence-electron chi connectivity index (χ4n) is 1.29. The Labute approximate surface area is 107 Å². The number of carbonyl (C=O) groups excluding carboxylic acids is 1. The number of hydrogen-bond donors (Lipinski definition) is 1. The van der Waals surface area contributed by atoms with Crippen molar-refractivity contribution in [3.63, 3.8) is 0 Å². The number of ether oxygens (including phenoxy) is 1. The van der Waals surface area contributed by atoms with Crippen LogP contribution in [0.4, 0.5) is 5.13 Å². The van der Waals surface area contributed by atoms with Gasteiger partial charge in [-0.15, -0.1) is 11.3 Å². The molecule has 0 radical (unpaired) electrons. The Morgan fingerprint density at radius 1 is 1.47 bits per heavy atom. The van der Waals surface area contributed by atoms with E-state index in [2.05, 4.69) is 32.7 Å². The molecule has 4 nitrogen and oxygen atoms in total. The Morgan fingerprint density at radius 3 is 2.94 bits per heavy atom. The Bertz CT molecular complexity index is 519. The van der Waals surface area contributed by atoms with E-state index in [-0.39, 0.29) is 0 Å². The SMILES string of the molecule is COC(=O)c1csc(NCc2cscc2C)n1. The topological polar surface area (TPSA) is 51.2 Å². The third kappa shape index (κ3) is 2.83. The normalized spacial score (nSPS) is 10.2. The minimum Gasteiger partial charge on any atom is -0.464 e. The molecule has 2 aromatic rings. The molecule has 2 aromatic heterocycles. The van der Waals surface area contributed by atoms with E-state index in [1.165, 1.54) is 29.6 Å². The number of hydrogen-bond acceptors (Lipinski definition) is 6. The maximum atomic E-state index is 11.2. The zero-order valence-electron chi connectivity index (χ0n) is 9.52. The largest absolute Gasteiger partial charge is 0.464 e. The summed E-state index contributed by atoms with van der Waals surface area (Å²) in [4.78, 5) is 15.4. The number of thiophene rings is 1. The van der Waals surface area contributed by atoms with Crippen molar-refractivity contribution in [3.8, 4) is 0 Å². The maximum absolute atomic E-state index is 11.2. The predicted molar refractivity (Wildman–Crippen MR) is 69.8 cm³/mol. The number of thiazole rings is 1. The van der Waals surface area contributed by atoms with Gasteiger partial charge in [0.2, 0.25) is 0 Å². The highest BCUT2D eigenvalue weighted by Crippen LogP contribution is 2.19. The number of aryl methyl sites for hydroxylation is 1. The zero-order valence-corrected chi connectivity index (χ0v) is 11.2. The second-order valence-corrected chi connectivity index (χ2v) is 5.06. The molecule has 0 fully saturated rings. The maximum Gasteiger partial charge on any atom is 0.357 e. The molecule has 0 aliphatic carbocycles. The molecule has 0 aliphatic heterocycles. The van der Waals surface area contributed by atoms with Gasteiger partial charge in [0.05, 0.1) is 7.11 Å². The van der Waals surface area contributed by atoms with Crippen LogP contribution in [0.1, 0.15) is 21.6 Å². The number of nitrogens with zero attached hydrogens (tertiary/aromatic N) is 1. The van der Waals surface area contributed by atoms with Gasteiger partial charge in [0.1, 0.15) is 0 Å². The number of rotatable bonds is 4. The average molecular weight is 268 g/mol. The van der Waals surface area contributed by atoms with E-state index in [4.69, 9.17) is 0 Å². The van der Waals surface area contributed by atoms with Crippen LogP contribution in [0.15, 0.2) is 16.1 Å². The van der Waals surface area contributed by atoms with Crippen molar-refractivity contribution in [1.82, 2.24) is 4.98 Å². The van der Waals surface area contributed by atoms with E-state index in [0.29, 0.717) is 5.69 Å². The monoisotopic (exact) mass is 268 g/mol. The van der Waals surface area contributed by atoms with Crippen LogP contribution in [0.5, 0.6) is 0 Å². The van der Waals surface area contributed by atoms with Crippen LogP contribution in [-0.2, 0) is 11.3 Å². The molecule has 0 aliphatic rings. The second kappa shape index (κ2) is 5.29. The van der Waals surface area contributed by atoms with E-state index in [9.17, 15) is 4.79 Å². The molecular weight excluding hydrogens is 256 g/mol. The first kappa shape index (κ1) is 12.1. The lowest BCUT2D eigenvalue weighted by Gasteiger charge is -2.01. The highest BCUT2D eigenvalue weighted by Gasteiger charge is 2.10. The molecule has 0 saturated heterocycles. The molecule has 90 valence electrons. The fourth-order valence-corrected chi connectivity index (χ4v) is 2.83. The lowest BCUT2D eigenvalue weighted by molar-refractivity contribution is 0.0595. The molecular formula is C11H12N2O2S2.